The minimum Gasteiger partial charge on any atom is -0.472 e. The maximum atomic E-state index is 12.8. The number of hydrogen-bond acceptors (Lipinski definition) is 4. The van der Waals surface area contributed by atoms with Gasteiger partial charge in [-0.2, -0.15) is 5.10 Å². The molecule has 1 fully saturated rings. The number of furan rings is 1. The van der Waals surface area contributed by atoms with Crippen molar-refractivity contribution in [2.24, 2.45) is 5.92 Å². The van der Waals surface area contributed by atoms with E-state index in [0.717, 1.165) is 18.4 Å². The number of anilines is 1. The Morgan fingerprint density at radius 1 is 1.21 bits per heavy atom. The molecule has 0 radical (unpaired) electrons. The summed E-state index contributed by atoms with van der Waals surface area (Å²) in [5.41, 5.74) is 1.54. The van der Waals surface area contributed by atoms with Gasteiger partial charge in [-0.3, -0.25) is 9.59 Å². The fourth-order valence-electron chi connectivity index (χ4n) is 3.50. The summed E-state index contributed by atoms with van der Waals surface area (Å²) >= 11 is 5.93. The van der Waals surface area contributed by atoms with Crippen LogP contribution in [0.5, 0.6) is 0 Å². The largest absolute Gasteiger partial charge is 0.472 e. The van der Waals surface area contributed by atoms with Crippen molar-refractivity contribution in [2.75, 3.05) is 18.4 Å². The number of nitrogens with zero attached hydrogens (tertiary/aromatic N) is 3. The molecule has 0 aliphatic carbocycles. The number of benzene rings is 1. The Hall–Kier alpha value is -3.06. The fraction of sp³-hybridized carbons (Fsp3) is 0.286. The first-order valence-corrected chi connectivity index (χ1v) is 9.86. The van der Waals surface area contributed by atoms with Gasteiger partial charge in [0.2, 0.25) is 5.91 Å². The van der Waals surface area contributed by atoms with Crippen LogP contribution < -0.4 is 5.32 Å². The molecule has 0 spiro atoms. The molecular formula is C21H21ClN4O3. The predicted octanol–water partition coefficient (Wildman–Crippen LogP) is 3.67. The minimum atomic E-state index is -0.265. The molecular weight excluding hydrogens is 392 g/mol. The number of aromatic nitrogens is 2. The normalized spacial score (nSPS) is 16.6. The molecule has 29 heavy (non-hydrogen) atoms. The van der Waals surface area contributed by atoms with Gasteiger partial charge >= 0.3 is 0 Å². The van der Waals surface area contributed by atoms with Gasteiger partial charge in [0.05, 0.1) is 30.5 Å². The molecule has 7 nitrogen and oxygen atoms in total. The zero-order valence-electron chi connectivity index (χ0n) is 15.8. The number of halogens is 1. The SMILES string of the molecule is O=C(Nc1ccnn1Cc1ccc(Cl)cc1)[C@@H]1CCCN(C(=O)c2ccoc2)C1. The van der Waals surface area contributed by atoms with E-state index in [1.807, 2.05) is 24.3 Å². The van der Waals surface area contributed by atoms with Crippen molar-refractivity contribution in [3.05, 3.63) is 71.3 Å². The number of carbonyl (C=O) groups excluding carboxylic acids is 2. The zero-order valence-corrected chi connectivity index (χ0v) is 16.5. The van der Waals surface area contributed by atoms with Gasteiger partial charge in [0.15, 0.2) is 0 Å². The second-order valence-corrected chi connectivity index (χ2v) is 7.53. The van der Waals surface area contributed by atoms with E-state index in [1.54, 1.807) is 27.9 Å². The van der Waals surface area contributed by atoms with Crippen molar-refractivity contribution in [1.29, 1.82) is 0 Å². The maximum Gasteiger partial charge on any atom is 0.257 e. The van der Waals surface area contributed by atoms with Crippen molar-refractivity contribution in [3.8, 4) is 0 Å². The summed E-state index contributed by atoms with van der Waals surface area (Å²) in [5.74, 6) is 0.151. The molecule has 1 N–H and O–H groups in total. The number of nitrogens with one attached hydrogen (secondary N) is 1. The molecule has 0 saturated carbocycles. The average molecular weight is 413 g/mol. The molecule has 8 heteroatoms. The lowest BCUT2D eigenvalue weighted by molar-refractivity contribution is -0.121. The first-order chi connectivity index (χ1) is 14.1. The lowest BCUT2D eigenvalue weighted by Gasteiger charge is -2.31. The van der Waals surface area contributed by atoms with Gasteiger partial charge in [0.25, 0.3) is 5.91 Å². The highest BCUT2D eigenvalue weighted by atomic mass is 35.5. The highest BCUT2D eigenvalue weighted by Crippen LogP contribution is 2.21. The number of hydrogen-bond donors (Lipinski definition) is 1. The molecule has 0 unspecified atom stereocenters. The number of amides is 2. The first kappa shape index (κ1) is 19.3. The average Bonchev–Trinajstić information content (AvgIpc) is 3.42. The van der Waals surface area contributed by atoms with Crippen molar-refractivity contribution in [2.45, 2.75) is 19.4 Å². The summed E-state index contributed by atoms with van der Waals surface area (Å²) in [6.45, 7) is 1.55. The molecule has 3 heterocycles. The zero-order chi connectivity index (χ0) is 20.2. The van der Waals surface area contributed by atoms with E-state index in [9.17, 15) is 9.59 Å². The van der Waals surface area contributed by atoms with Crippen LogP contribution in [0, 0.1) is 5.92 Å². The molecule has 3 aromatic rings. The minimum absolute atomic E-state index is 0.104. The number of likely N-dealkylation sites (tertiary alicyclic amines) is 1. The van der Waals surface area contributed by atoms with Gasteiger partial charge in [0, 0.05) is 24.2 Å². The van der Waals surface area contributed by atoms with E-state index in [4.69, 9.17) is 16.0 Å². The molecule has 1 aliphatic heterocycles. The van der Waals surface area contributed by atoms with Crippen LogP contribution in [0.1, 0.15) is 28.8 Å². The Balaban J connectivity index is 1.40. The van der Waals surface area contributed by atoms with Crippen LogP contribution in [0.25, 0.3) is 0 Å². The Bertz CT molecular complexity index is 982. The Morgan fingerprint density at radius 3 is 2.79 bits per heavy atom. The van der Waals surface area contributed by atoms with E-state index in [-0.39, 0.29) is 17.7 Å². The van der Waals surface area contributed by atoms with Crippen LogP contribution in [0.3, 0.4) is 0 Å². The fourth-order valence-corrected chi connectivity index (χ4v) is 3.63. The summed E-state index contributed by atoms with van der Waals surface area (Å²) in [6.07, 6.45) is 6.09. The summed E-state index contributed by atoms with van der Waals surface area (Å²) in [5, 5.41) is 7.94. The van der Waals surface area contributed by atoms with E-state index >= 15 is 0 Å². The summed E-state index contributed by atoms with van der Waals surface area (Å²) in [6, 6.07) is 10.9. The van der Waals surface area contributed by atoms with E-state index in [2.05, 4.69) is 10.4 Å². The van der Waals surface area contributed by atoms with Crippen molar-refractivity contribution in [3.63, 3.8) is 0 Å². The number of carbonyl (C=O) groups is 2. The van der Waals surface area contributed by atoms with Crippen molar-refractivity contribution >= 4 is 29.2 Å². The van der Waals surface area contributed by atoms with E-state index in [0.29, 0.717) is 36.0 Å². The van der Waals surface area contributed by atoms with Crippen LogP contribution in [0.15, 0.2) is 59.5 Å². The third-order valence-electron chi connectivity index (χ3n) is 5.06. The lowest BCUT2D eigenvalue weighted by Crippen LogP contribution is -2.43. The van der Waals surface area contributed by atoms with Crippen LogP contribution in [-0.2, 0) is 11.3 Å². The predicted molar refractivity (Wildman–Crippen MR) is 109 cm³/mol. The van der Waals surface area contributed by atoms with Gasteiger partial charge in [-0.05, 0) is 36.6 Å². The van der Waals surface area contributed by atoms with Gasteiger partial charge < -0.3 is 14.6 Å². The van der Waals surface area contributed by atoms with Crippen LogP contribution in [0.4, 0.5) is 5.82 Å². The molecule has 1 aromatic carbocycles. The highest BCUT2D eigenvalue weighted by molar-refractivity contribution is 6.30. The van der Waals surface area contributed by atoms with Gasteiger partial charge in [-0.1, -0.05) is 23.7 Å². The Morgan fingerprint density at radius 2 is 2.03 bits per heavy atom. The van der Waals surface area contributed by atoms with E-state index in [1.165, 1.54) is 12.5 Å². The first-order valence-electron chi connectivity index (χ1n) is 9.49. The molecule has 1 atom stereocenters. The van der Waals surface area contributed by atoms with Crippen molar-refractivity contribution in [1.82, 2.24) is 14.7 Å². The smallest absolute Gasteiger partial charge is 0.257 e. The molecule has 150 valence electrons. The van der Waals surface area contributed by atoms with Gasteiger partial charge in [-0.25, -0.2) is 4.68 Å². The lowest BCUT2D eigenvalue weighted by atomic mass is 9.96. The van der Waals surface area contributed by atoms with Gasteiger partial charge in [0.1, 0.15) is 12.1 Å². The second kappa shape index (κ2) is 8.53. The topological polar surface area (TPSA) is 80.4 Å². The monoisotopic (exact) mass is 412 g/mol. The molecule has 4 rings (SSSR count). The molecule has 1 aliphatic rings. The number of rotatable bonds is 5. The van der Waals surface area contributed by atoms with Crippen LogP contribution in [-0.4, -0.2) is 39.6 Å². The standard InChI is InChI=1S/C21H21ClN4O3/c22-18-5-3-15(4-6-18)12-26-19(7-9-23-26)24-20(27)16-2-1-10-25(13-16)21(28)17-8-11-29-14-17/h3-9,11,14,16H,1-2,10,12-13H2,(H,24,27)/t16-/m1/s1. The Labute approximate surface area is 173 Å². The summed E-state index contributed by atoms with van der Waals surface area (Å²) in [7, 11) is 0. The molecule has 2 amide bonds. The highest BCUT2D eigenvalue weighted by Gasteiger charge is 2.29. The van der Waals surface area contributed by atoms with Crippen molar-refractivity contribution < 1.29 is 14.0 Å². The maximum absolute atomic E-state index is 12.8. The van der Waals surface area contributed by atoms with Crippen LogP contribution in [0.2, 0.25) is 5.02 Å². The van der Waals surface area contributed by atoms with E-state index < -0.39 is 0 Å². The van der Waals surface area contributed by atoms with Crippen LogP contribution >= 0.6 is 11.6 Å². The molecule has 2 aromatic heterocycles. The van der Waals surface area contributed by atoms with Gasteiger partial charge in [-0.15, -0.1) is 0 Å². The summed E-state index contributed by atoms with van der Waals surface area (Å²) < 4.78 is 6.73. The molecule has 0 bridgehead atoms. The second-order valence-electron chi connectivity index (χ2n) is 7.09. The third-order valence-corrected chi connectivity index (χ3v) is 5.31. The molecule has 1 saturated heterocycles. The third kappa shape index (κ3) is 4.51. The Kier molecular flexibility index (Phi) is 5.67. The quantitative estimate of drug-likeness (QED) is 0.693. The summed E-state index contributed by atoms with van der Waals surface area (Å²) in [4.78, 5) is 27.1. The number of piperidine rings is 1.